The van der Waals surface area contributed by atoms with E-state index < -0.39 is 187 Å². The van der Waals surface area contributed by atoms with Crippen LogP contribution in [0.4, 0.5) is 0 Å². The zero-order valence-corrected chi connectivity index (χ0v) is 47.6. The average molecular weight is 1150 g/mol. The Morgan fingerprint density at radius 1 is 0.852 bits per heavy atom. The molecule has 1 aromatic heterocycles. The molecule has 6 rings (SSSR count). The Kier molecular flexibility index (Phi) is 21.5. The summed E-state index contributed by atoms with van der Waals surface area (Å²) in [6, 6.07) is 5.90. The largest absolute Gasteiger partial charge is 0.497 e. The molecule has 10 N–H and O–H groups in total. The van der Waals surface area contributed by atoms with E-state index in [1.54, 1.807) is 69.5 Å². The van der Waals surface area contributed by atoms with Crippen molar-refractivity contribution in [1.29, 1.82) is 0 Å². The van der Waals surface area contributed by atoms with Crippen LogP contribution < -0.4 is 37.1 Å². The number of benzene rings is 2. The number of aryl methyl sites for hydroxylation is 1. The van der Waals surface area contributed by atoms with Crippen molar-refractivity contribution in [3.8, 4) is 5.75 Å². The zero-order valence-electron chi connectivity index (χ0n) is 46.7. The summed E-state index contributed by atoms with van der Waals surface area (Å²) in [6.07, 6.45) is -5.28. The predicted octanol–water partition coefficient (Wildman–Crippen LogP) is -0.640. The minimum Gasteiger partial charge on any atom is -0.497 e. The average Bonchev–Trinajstić information content (AvgIpc) is 4.21. The number of nitrogens with two attached hydrogens (primary N) is 1. The van der Waals surface area contributed by atoms with Gasteiger partial charge in [0, 0.05) is 68.5 Å². The van der Waals surface area contributed by atoms with Gasteiger partial charge in [0.1, 0.15) is 28.5 Å². The number of nitrogens with one attached hydrogen (secondary N) is 5. The van der Waals surface area contributed by atoms with Crippen molar-refractivity contribution in [3.63, 3.8) is 0 Å². The molecule has 81 heavy (non-hydrogen) atoms. The molecule has 1 saturated heterocycles. The van der Waals surface area contributed by atoms with Gasteiger partial charge in [0.15, 0.2) is 11.6 Å². The van der Waals surface area contributed by atoms with Gasteiger partial charge in [-0.15, -0.1) is 0 Å². The molecule has 0 radical (unpaired) electrons. The molecule has 24 nitrogen and oxygen atoms in total. The van der Waals surface area contributed by atoms with Crippen LogP contribution in [0.1, 0.15) is 96.8 Å². The number of hydrogen-bond donors (Lipinski definition) is 9. The van der Waals surface area contributed by atoms with Gasteiger partial charge in [-0.25, -0.2) is 0 Å². The SMILES string of the molecule is CC[C@H](C)[C@@H]1NC(=O)CNC(=O)C2CC(=O)[C@H]([C@@H](C)[C@@H](O)CO)NC(=O)[C@@H]3CC(O)CN3C(=O)[C@H](CC(N)=O)CC(=O)C(C[S@@](=O)c3c(c4ccc(OC)cc4n3Cc3ccc(CCC(=O)OC(C)(C)C)cc3)C2)NC(=O)CNC1=O. The Morgan fingerprint density at radius 2 is 1.51 bits per heavy atom. The minimum atomic E-state index is -2.41. The lowest BCUT2D eigenvalue weighted by molar-refractivity contribution is -0.154. The smallest absolute Gasteiger partial charge is 0.306 e. The molecule has 25 heteroatoms. The first-order chi connectivity index (χ1) is 38.2. The van der Waals surface area contributed by atoms with Crippen LogP contribution in [0.3, 0.4) is 0 Å². The Bertz CT molecular complexity index is 2900. The molecule has 3 aliphatic rings. The van der Waals surface area contributed by atoms with Crippen LogP contribution >= 0.6 is 0 Å². The third-order valence-corrected chi connectivity index (χ3v) is 16.5. The number of ether oxygens (including phenoxy) is 2. The Labute approximate surface area is 471 Å². The highest BCUT2D eigenvalue weighted by Gasteiger charge is 2.45. The molecule has 2 bridgehead atoms. The van der Waals surface area contributed by atoms with E-state index in [-0.39, 0.29) is 35.9 Å². The number of aromatic nitrogens is 1. The maximum absolute atomic E-state index is 15.8. The van der Waals surface area contributed by atoms with Crippen molar-refractivity contribution in [2.75, 3.05) is 39.1 Å². The molecule has 0 saturated carbocycles. The van der Waals surface area contributed by atoms with Gasteiger partial charge in [0.2, 0.25) is 41.4 Å². The first kappa shape index (κ1) is 63.1. The molecule has 0 spiro atoms. The first-order valence-corrected chi connectivity index (χ1v) is 28.5. The van der Waals surface area contributed by atoms with Crippen LogP contribution in [0.5, 0.6) is 5.75 Å². The van der Waals surface area contributed by atoms with Crippen LogP contribution in [0, 0.1) is 23.7 Å². The predicted molar refractivity (Wildman–Crippen MR) is 293 cm³/mol. The number of aliphatic hydroxyl groups is 3. The van der Waals surface area contributed by atoms with E-state index in [9.17, 15) is 58.5 Å². The Morgan fingerprint density at radius 3 is 2.14 bits per heavy atom. The first-order valence-electron chi connectivity index (χ1n) is 27.1. The van der Waals surface area contributed by atoms with Crippen LogP contribution in [-0.4, -0.2) is 169 Å². The molecule has 2 aromatic carbocycles. The van der Waals surface area contributed by atoms with E-state index >= 15 is 9.00 Å². The summed E-state index contributed by atoms with van der Waals surface area (Å²) >= 11 is 0. The Balaban J connectivity index is 1.61. The topological polar surface area (TPSA) is 361 Å². The van der Waals surface area contributed by atoms with E-state index in [4.69, 9.17) is 15.2 Å². The number of methoxy groups -OCH3 is 1. The van der Waals surface area contributed by atoms with Crippen LogP contribution in [0.2, 0.25) is 0 Å². The molecule has 3 aromatic rings. The van der Waals surface area contributed by atoms with Gasteiger partial charge in [-0.1, -0.05) is 51.5 Å². The molecule has 1 fully saturated rings. The summed E-state index contributed by atoms with van der Waals surface area (Å²) in [5.74, 6) is -13.9. The lowest BCUT2D eigenvalue weighted by Crippen LogP contribution is -2.56. The molecule has 442 valence electrons. The number of nitrogens with zero attached hydrogens (tertiary/aromatic N) is 2. The second kappa shape index (κ2) is 27.6. The standard InChI is InChI=1S/C56H76N8O16S/c1-8-29(2)49-53(76)59-23-46(71)60-39-28-81(78)55-38(37-15-14-36(79-7)22-40(37)64(55)25-32-11-9-31(10-12-32)13-16-48(73)80-56(4,5)6)17-33(51(74)58-24-47(72)61-49)18-43(68)50(30(3)44(69)27-65)62-52(75)41-21-35(66)26-63(41)54(77)34(19-42(39)67)20-45(57)70/h9-12,14-15,22,29-30,33-35,39,41,44,49-50,65-66,69H,8,13,16-21,23-28H2,1-7H3,(H2,57,70)(H,58,74)(H,59,76)(H,60,71)(H,61,72)(H,62,75)/t29-,30-,33?,34-,35?,39?,41-,44-,49-,50-,81+/m0/s1. The van der Waals surface area contributed by atoms with Gasteiger partial charge in [0.25, 0.3) is 0 Å². The van der Waals surface area contributed by atoms with E-state index in [1.165, 1.54) is 14.0 Å². The maximum Gasteiger partial charge on any atom is 0.306 e. The summed E-state index contributed by atoms with van der Waals surface area (Å²) in [7, 11) is -0.984. The number of aliphatic hydroxyl groups excluding tert-OH is 3. The summed E-state index contributed by atoms with van der Waals surface area (Å²) in [5, 5.41) is 45.3. The summed E-state index contributed by atoms with van der Waals surface area (Å²) < 4.78 is 28.6. The van der Waals surface area contributed by atoms with Gasteiger partial charge in [-0.05, 0) is 68.4 Å². The second-order valence-corrected chi connectivity index (χ2v) is 23.7. The Hall–Kier alpha value is -7.09. The quantitative estimate of drug-likeness (QED) is 0.0962. The number of hydrogen-bond acceptors (Lipinski definition) is 16. The van der Waals surface area contributed by atoms with Gasteiger partial charge in [-0.3, -0.25) is 52.2 Å². The lowest BCUT2D eigenvalue weighted by atomic mass is 9.85. The van der Waals surface area contributed by atoms with E-state index in [2.05, 4.69) is 26.6 Å². The van der Waals surface area contributed by atoms with Gasteiger partial charge < -0.3 is 66.6 Å². The molecular weight excluding hydrogens is 1070 g/mol. The molecule has 0 aliphatic carbocycles. The molecule has 11 atom stereocenters. The van der Waals surface area contributed by atoms with Crippen LogP contribution in [0.15, 0.2) is 47.5 Å². The fraction of sp³-hybridized carbons (Fsp3) is 0.571. The van der Waals surface area contributed by atoms with E-state index in [0.717, 1.165) is 10.5 Å². The minimum absolute atomic E-state index is 0.00167. The lowest BCUT2D eigenvalue weighted by Gasteiger charge is -2.32. The molecule has 4 heterocycles. The van der Waals surface area contributed by atoms with Crippen molar-refractivity contribution in [2.45, 2.75) is 146 Å². The fourth-order valence-electron chi connectivity index (χ4n) is 10.4. The molecular formula is C56H76N8O16S. The van der Waals surface area contributed by atoms with Crippen LogP contribution in [0.25, 0.3) is 10.9 Å². The number of Topliss-reactive ketones (excluding diaryl/α,β-unsaturated/α-hetero) is 2. The highest BCUT2D eigenvalue weighted by molar-refractivity contribution is 7.85. The number of carbonyl (C=O) groups excluding carboxylic acids is 10. The number of carbonyl (C=O) groups is 10. The van der Waals surface area contributed by atoms with Crippen molar-refractivity contribution in [2.24, 2.45) is 29.4 Å². The third kappa shape index (κ3) is 16.3. The monoisotopic (exact) mass is 1150 g/mol. The molecule has 3 aliphatic heterocycles. The van der Waals surface area contributed by atoms with E-state index in [0.29, 0.717) is 35.1 Å². The highest BCUT2D eigenvalue weighted by atomic mass is 32.2. The number of fused-ring (bicyclic) bond motifs is 5. The second-order valence-electron chi connectivity index (χ2n) is 22.3. The molecule has 3 unspecified atom stereocenters. The zero-order chi connectivity index (χ0) is 59.6. The number of rotatable bonds is 13. The van der Waals surface area contributed by atoms with E-state index in [1.807, 2.05) is 12.1 Å². The van der Waals surface area contributed by atoms with Gasteiger partial charge >= 0.3 is 5.97 Å². The normalized spacial score (nSPS) is 25.3. The molecule has 7 amide bonds. The number of ketones is 2. The van der Waals surface area contributed by atoms with Crippen molar-refractivity contribution < 1.29 is 76.9 Å². The number of primary amides is 1. The third-order valence-electron chi connectivity index (χ3n) is 15.0. The summed E-state index contributed by atoms with van der Waals surface area (Å²) in [5.41, 5.74) is 7.02. The van der Waals surface area contributed by atoms with Crippen molar-refractivity contribution >= 4 is 80.6 Å². The maximum atomic E-state index is 15.8. The van der Waals surface area contributed by atoms with Crippen molar-refractivity contribution in [1.82, 2.24) is 36.1 Å². The number of amides is 7. The number of esters is 1. The van der Waals surface area contributed by atoms with Gasteiger partial charge in [-0.2, -0.15) is 0 Å². The highest BCUT2D eigenvalue weighted by Crippen LogP contribution is 2.36. The van der Waals surface area contributed by atoms with Crippen LogP contribution in [-0.2, 0) is 82.9 Å². The summed E-state index contributed by atoms with van der Waals surface area (Å²) in [6.45, 7) is 7.23. The van der Waals surface area contributed by atoms with Gasteiger partial charge in [0.05, 0.1) is 79.1 Å². The fourth-order valence-corrected chi connectivity index (χ4v) is 12.0. The summed E-state index contributed by atoms with van der Waals surface area (Å²) in [4.78, 5) is 142. The van der Waals surface area contributed by atoms with Crippen molar-refractivity contribution in [3.05, 3.63) is 59.2 Å².